The van der Waals surface area contributed by atoms with E-state index >= 15 is 0 Å². The number of pyridine rings is 1. The Labute approximate surface area is 251 Å². The van der Waals surface area contributed by atoms with Crippen molar-refractivity contribution >= 4 is 35.3 Å². The highest BCUT2D eigenvalue weighted by Crippen LogP contribution is 2.44. The number of amides is 2. The Kier molecular flexibility index (Phi) is 8.68. The zero-order valence-corrected chi connectivity index (χ0v) is 25.5. The third kappa shape index (κ3) is 6.35. The van der Waals surface area contributed by atoms with E-state index in [1.54, 1.807) is 24.5 Å². The third-order valence-corrected chi connectivity index (χ3v) is 7.73. The van der Waals surface area contributed by atoms with Crippen molar-refractivity contribution in [1.82, 2.24) is 35.0 Å². The van der Waals surface area contributed by atoms with E-state index in [9.17, 15) is 9.59 Å². The summed E-state index contributed by atoms with van der Waals surface area (Å²) in [7, 11) is 3.66. The van der Waals surface area contributed by atoms with Gasteiger partial charge in [0.25, 0.3) is 0 Å². The van der Waals surface area contributed by atoms with Crippen molar-refractivity contribution in [1.29, 1.82) is 0 Å². The van der Waals surface area contributed by atoms with Crippen LogP contribution in [-0.4, -0.2) is 81.7 Å². The fourth-order valence-corrected chi connectivity index (χ4v) is 5.79. The zero-order chi connectivity index (χ0) is 30.0. The molecule has 1 aliphatic heterocycles. The second-order valence-corrected chi connectivity index (χ2v) is 12.1. The van der Waals surface area contributed by atoms with E-state index in [1.165, 1.54) is 0 Å². The number of aromatic nitrogens is 3. The van der Waals surface area contributed by atoms with Gasteiger partial charge in [0.2, 0.25) is 5.91 Å². The maximum absolute atomic E-state index is 13.0. The molecule has 3 aromatic rings. The Morgan fingerprint density at radius 3 is 2.60 bits per heavy atom. The van der Waals surface area contributed by atoms with Crippen molar-refractivity contribution in [3.63, 3.8) is 0 Å². The number of piperazine rings is 1. The first kappa shape index (κ1) is 29.8. The Morgan fingerprint density at radius 2 is 1.93 bits per heavy atom. The summed E-state index contributed by atoms with van der Waals surface area (Å²) in [6.07, 6.45) is 7.12. The van der Waals surface area contributed by atoms with Crippen molar-refractivity contribution < 1.29 is 14.3 Å². The maximum atomic E-state index is 13.0. The highest BCUT2D eigenvalue weighted by atomic mass is 35.5. The number of imidazole rings is 1. The monoisotopic (exact) mass is 591 g/mol. The molecule has 222 valence electrons. The summed E-state index contributed by atoms with van der Waals surface area (Å²) in [6, 6.07) is 9.20. The summed E-state index contributed by atoms with van der Waals surface area (Å²) in [5.41, 5.74) is 5.00. The van der Waals surface area contributed by atoms with Crippen LogP contribution in [0.5, 0.6) is 0 Å². The van der Waals surface area contributed by atoms with Gasteiger partial charge in [-0.25, -0.2) is 9.78 Å². The number of fused-ring (bicyclic) bond motifs is 2. The van der Waals surface area contributed by atoms with Crippen LogP contribution in [0.2, 0.25) is 5.02 Å². The Morgan fingerprint density at radius 1 is 1.17 bits per heavy atom. The van der Waals surface area contributed by atoms with E-state index in [1.807, 2.05) is 56.8 Å². The number of benzene rings is 1. The van der Waals surface area contributed by atoms with Gasteiger partial charge in [-0.3, -0.25) is 14.7 Å². The van der Waals surface area contributed by atoms with Crippen molar-refractivity contribution in [2.24, 2.45) is 7.05 Å². The highest BCUT2D eigenvalue weighted by Gasteiger charge is 2.36. The van der Waals surface area contributed by atoms with Crippen LogP contribution in [0.15, 0.2) is 49.1 Å². The fraction of sp³-hybridized carbons (Fsp3) is 0.419. The van der Waals surface area contributed by atoms with Gasteiger partial charge in [-0.2, -0.15) is 0 Å². The topological polar surface area (TPSA) is 105 Å². The van der Waals surface area contributed by atoms with Crippen LogP contribution in [0, 0.1) is 0 Å². The molecular weight excluding hydrogens is 554 g/mol. The smallest absolute Gasteiger partial charge is 0.410 e. The maximum Gasteiger partial charge on any atom is 0.410 e. The second-order valence-electron chi connectivity index (χ2n) is 11.7. The second kappa shape index (κ2) is 12.2. The average Bonchev–Trinajstić information content (AvgIpc) is 3.31. The molecule has 1 aliphatic carbocycles. The van der Waals surface area contributed by atoms with E-state index in [0.717, 1.165) is 33.7 Å². The Hall–Kier alpha value is -3.73. The Balaban J connectivity index is 1.58. The molecule has 2 N–H and O–H groups in total. The molecule has 0 bridgehead atoms. The van der Waals surface area contributed by atoms with Crippen LogP contribution in [0.1, 0.15) is 60.9 Å². The SMILES string of the molecule is CNCC(=O)NC(C1=Cc2cccnc2C(N2CCN(C(=O)OC(C)(C)C)CC2)c2ccc(Cl)cc21)c1cncn1C. The lowest BCUT2D eigenvalue weighted by atomic mass is 9.89. The number of likely N-dealkylation sites (N-methyl/N-ethyl adjacent to an activating group) is 1. The zero-order valence-electron chi connectivity index (χ0n) is 24.7. The molecule has 1 saturated heterocycles. The minimum atomic E-state index is -0.550. The van der Waals surface area contributed by atoms with Crippen LogP contribution in [-0.2, 0) is 16.6 Å². The molecule has 0 spiro atoms. The summed E-state index contributed by atoms with van der Waals surface area (Å²) in [6.45, 7) is 8.16. The number of hydrogen-bond donors (Lipinski definition) is 2. The molecule has 2 aliphatic rings. The van der Waals surface area contributed by atoms with Crippen LogP contribution in [0.4, 0.5) is 4.79 Å². The summed E-state index contributed by atoms with van der Waals surface area (Å²) >= 11 is 6.63. The number of carbonyl (C=O) groups excluding carboxylic acids is 2. The number of nitrogens with one attached hydrogen (secondary N) is 2. The molecule has 0 radical (unpaired) electrons. The van der Waals surface area contributed by atoms with Gasteiger partial charge in [0.15, 0.2) is 0 Å². The molecule has 1 aromatic carbocycles. The van der Waals surface area contributed by atoms with E-state index in [0.29, 0.717) is 31.2 Å². The van der Waals surface area contributed by atoms with Crippen molar-refractivity contribution in [3.05, 3.63) is 82.2 Å². The predicted molar refractivity (Wildman–Crippen MR) is 163 cm³/mol. The fourth-order valence-electron chi connectivity index (χ4n) is 5.62. The molecule has 5 rings (SSSR count). The molecule has 10 nitrogen and oxygen atoms in total. The van der Waals surface area contributed by atoms with E-state index in [2.05, 4.69) is 38.7 Å². The van der Waals surface area contributed by atoms with E-state index in [4.69, 9.17) is 21.3 Å². The largest absolute Gasteiger partial charge is 0.444 e. The summed E-state index contributed by atoms with van der Waals surface area (Å²) in [5, 5.41) is 6.75. The molecule has 2 amide bonds. The number of ether oxygens (including phenoxy) is 1. The highest BCUT2D eigenvalue weighted by molar-refractivity contribution is 6.30. The molecule has 42 heavy (non-hydrogen) atoms. The van der Waals surface area contributed by atoms with Crippen LogP contribution in [0.25, 0.3) is 11.6 Å². The first-order valence-corrected chi connectivity index (χ1v) is 14.5. The van der Waals surface area contributed by atoms with Gasteiger partial charge in [0.05, 0.1) is 42.5 Å². The number of aryl methyl sites for hydroxylation is 1. The van der Waals surface area contributed by atoms with Crippen molar-refractivity contribution in [2.75, 3.05) is 39.8 Å². The number of rotatable bonds is 6. The van der Waals surface area contributed by atoms with Crippen LogP contribution in [0.3, 0.4) is 0 Å². The van der Waals surface area contributed by atoms with Crippen LogP contribution < -0.4 is 10.6 Å². The standard InChI is InChI=1S/C31H38ClN7O3/c1-31(2,3)42-30(41)39-13-11-38(12-14-39)29-22-9-8-21(32)16-23(22)24(15-20-7-6-10-35-27(20)29)28(36-26(40)18-33-4)25-17-34-19-37(25)5/h6-10,15-17,19,28-29,33H,11-14,18H2,1-5H3,(H,36,40). The van der Waals surface area contributed by atoms with Crippen molar-refractivity contribution in [3.8, 4) is 0 Å². The van der Waals surface area contributed by atoms with Gasteiger partial charge < -0.3 is 24.8 Å². The molecule has 2 unspecified atom stereocenters. The number of hydrogen-bond acceptors (Lipinski definition) is 7. The van der Waals surface area contributed by atoms with E-state index < -0.39 is 11.6 Å². The molecular formula is C31H38ClN7O3. The van der Waals surface area contributed by atoms with Crippen molar-refractivity contribution in [2.45, 2.75) is 38.5 Å². The quantitative estimate of drug-likeness (QED) is 0.446. The number of nitrogens with zero attached hydrogens (tertiary/aromatic N) is 5. The third-order valence-electron chi connectivity index (χ3n) is 7.50. The van der Waals surface area contributed by atoms with Gasteiger partial charge in [-0.15, -0.1) is 0 Å². The van der Waals surface area contributed by atoms with Gasteiger partial charge in [-0.1, -0.05) is 23.7 Å². The van der Waals surface area contributed by atoms with Gasteiger partial charge in [-0.05, 0) is 74.4 Å². The van der Waals surface area contributed by atoms with Gasteiger partial charge in [0.1, 0.15) is 5.60 Å². The summed E-state index contributed by atoms with van der Waals surface area (Å²) in [5.74, 6) is -0.140. The minimum absolute atomic E-state index is 0.140. The van der Waals surface area contributed by atoms with E-state index in [-0.39, 0.29) is 24.6 Å². The van der Waals surface area contributed by atoms with Gasteiger partial charge >= 0.3 is 6.09 Å². The molecule has 11 heteroatoms. The minimum Gasteiger partial charge on any atom is -0.444 e. The molecule has 2 aromatic heterocycles. The summed E-state index contributed by atoms with van der Waals surface area (Å²) in [4.78, 5) is 39.1. The molecule has 2 atom stereocenters. The molecule has 0 saturated carbocycles. The lowest BCUT2D eigenvalue weighted by Crippen LogP contribution is -2.51. The lowest BCUT2D eigenvalue weighted by molar-refractivity contribution is -0.120. The normalized spacial score (nSPS) is 17.9. The predicted octanol–water partition coefficient (Wildman–Crippen LogP) is 4.04. The summed E-state index contributed by atoms with van der Waals surface area (Å²) < 4.78 is 7.54. The number of carbonyl (C=O) groups is 2. The molecule has 1 fully saturated rings. The first-order chi connectivity index (χ1) is 20.1. The molecule has 3 heterocycles. The van der Waals surface area contributed by atoms with Gasteiger partial charge in [0, 0.05) is 44.4 Å². The van der Waals surface area contributed by atoms with Crippen LogP contribution >= 0.6 is 11.6 Å². The first-order valence-electron chi connectivity index (χ1n) is 14.1. The number of halogens is 1. The average molecular weight is 592 g/mol. The lowest BCUT2D eigenvalue weighted by Gasteiger charge is -2.40. The Bertz CT molecular complexity index is 1490.